The molecule has 0 saturated heterocycles. The van der Waals surface area contributed by atoms with Gasteiger partial charge in [0.05, 0.1) is 6.26 Å². The van der Waals surface area contributed by atoms with E-state index in [1.807, 2.05) is 12.1 Å². The second kappa shape index (κ2) is 6.71. The van der Waals surface area contributed by atoms with Crippen molar-refractivity contribution in [2.75, 3.05) is 29.0 Å². The molecule has 0 aromatic heterocycles. The number of nitrogens with one attached hydrogen (secondary N) is 1. The van der Waals surface area contributed by atoms with Crippen molar-refractivity contribution in [3.8, 4) is 0 Å². The highest BCUT2D eigenvalue weighted by Gasteiger charge is 2.03. The van der Waals surface area contributed by atoms with Crippen LogP contribution < -0.4 is 9.62 Å². The minimum absolute atomic E-state index is 0. The maximum atomic E-state index is 11.0. The summed E-state index contributed by atoms with van der Waals surface area (Å²) in [5.74, 6) is 0. The van der Waals surface area contributed by atoms with Crippen molar-refractivity contribution in [2.45, 2.75) is 13.8 Å². The van der Waals surface area contributed by atoms with Gasteiger partial charge in [0.1, 0.15) is 0 Å². The van der Waals surface area contributed by atoms with Crippen LogP contribution in [0.1, 0.15) is 13.8 Å². The summed E-state index contributed by atoms with van der Waals surface area (Å²) in [6, 6.07) is 7.38. The van der Waals surface area contributed by atoms with Crippen LogP contribution in [-0.2, 0) is 10.0 Å². The average Bonchev–Trinajstić information content (AvgIpc) is 2.20. The Balaban J connectivity index is 0.00000256. The first-order valence-corrected chi connectivity index (χ1v) is 7.18. The summed E-state index contributed by atoms with van der Waals surface area (Å²) >= 11 is 0. The molecule has 1 N–H and O–H groups in total. The van der Waals surface area contributed by atoms with Crippen LogP contribution in [0, 0.1) is 0 Å². The molecule has 98 valence electrons. The smallest absolute Gasteiger partial charge is 0.229 e. The normalized spacial score (nSPS) is 10.5. The minimum atomic E-state index is -3.19. The molecule has 0 aliphatic rings. The lowest BCUT2D eigenvalue weighted by Gasteiger charge is -2.21. The summed E-state index contributed by atoms with van der Waals surface area (Å²) < 4.78 is 24.5. The first kappa shape index (κ1) is 16.1. The van der Waals surface area contributed by atoms with E-state index in [0.29, 0.717) is 5.69 Å². The Morgan fingerprint density at radius 3 is 1.94 bits per heavy atom. The van der Waals surface area contributed by atoms with Crippen molar-refractivity contribution < 1.29 is 8.42 Å². The van der Waals surface area contributed by atoms with E-state index < -0.39 is 10.0 Å². The van der Waals surface area contributed by atoms with Gasteiger partial charge in [0.15, 0.2) is 0 Å². The summed E-state index contributed by atoms with van der Waals surface area (Å²) in [5, 5.41) is 0. The van der Waals surface area contributed by atoms with Crippen LogP contribution >= 0.6 is 12.4 Å². The Kier molecular flexibility index (Phi) is 6.34. The summed E-state index contributed by atoms with van der Waals surface area (Å²) in [7, 11) is -3.19. The number of sulfonamides is 1. The van der Waals surface area contributed by atoms with E-state index in [2.05, 4.69) is 23.5 Å². The van der Waals surface area contributed by atoms with Crippen LogP contribution in [0.4, 0.5) is 11.4 Å². The summed E-state index contributed by atoms with van der Waals surface area (Å²) in [6.45, 7) is 6.06. The molecule has 17 heavy (non-hydrogen) atoms. The molecule has 0 heterocycles. The fraction of sp³-hybridized carbons (Fsp3) is 0.455. The van der Waals surface area contributed by atoms with Gasteiger partial charge in [-0.15, -0.1) is 12.4 Å². The number of hydrogen-bond donors (Lipinski definition) is 1. The summed E-state index contributed by atoms with van der Waals surface area (Å²) in [4.78, 5) is 2.20. The molecule has 1 rings (SSSR count). The molecule has 0 aliphatic heterocycles. The highest BCUT2D eigenvalue weighted by molar-refractivity contribution is 7.92. The van der Waals surface area contributed by atoms with Crippen LogP contribution in [-0.4, -0.2) is 27.8 Å². The predicted molar refractivity (Wildman–Crippen MR) is 75.7 cm³/mol. The van der Waals surface area contributed by atoms with E-state index in [0.717, 1.165) is 25.0 Å². The number of hydrogen-bond acceptors (Lipinski definition) is 3. The standard InChI is InChI=1S/C11H18N2O2S.ClH/c1-4-13(5-2)11-8-6-10(7-9-11)12-16(3,14)15;/h6-9,12H,4-5H2,1-3H3;1H. The highest BCUT2D eigenvalue weighted by Crippen LogP contribution is 2.18. The lowest BCUT2D eigenvalue weighted by atomic mass is 10.2. The van der Waals surface area contributed by atoms with Gasteiger partial charge in [-0.2, -0.15) is 0 Å². The molecular formula is C11H19ClN2O2S. The van der Waals surface area contributed by atoms with E-state index in [-0.39, 0.29) is 12.4 Å². The predicted octanol–water partition coefficient (Wildman–Crippen LogP) is 2.33. The molecule has 0 radical (unpaired) electrons. The van der Waals surface area contributed by atoms with E-state index in [1.54, 1.807) is 12.1 Å². The largest absolute Gasteiger partial charge is 0.372 e. The Hall–Kier alpha value is -0.940. The van der Waals surface area contributed by atoms with Crippen molar-refractivity contribution in [3.63, 3.8) is 0 Å². The molecule has 6 heteroatoms. The Morgan fingerprint density at radius 2 is 1.59 bits per heavy atom. The van der Waals surface area contributed by atoms with Crippen molar-refractivity contribution >= 4 is 33.8 Å². The van der Waals surface area contributed by atoms with Crippen LogP contribution in [0.25, 0.3) is 0 Å². The molecular weight excluding hydrogens is 260 g/mol. The first-order chi connectivity index (χ1) is 7.46. The molecule has 0 unspecified atom stereocenters. The zero-order valence-corrected chi connectivity index (χ0v) is 11.9. The second-order valence-corrected chi connectivity index (χ2v) is 5.34. The summed E-state index contributed by atoms with van der Waals surface area (Å²) in [6.07, 6.45) is 1.14. The van der Waals surface area contributed by atoms with Crippen LogP contribution in [0.3, 0.4) is 0 Å². The van der Waals surface area contributed by atoms with Gasteiger partial charge in [-0.05, 0) is 38.1 Å². The van der Waals surface area contributed by atoms with E-state index in [4.69, 9.17) is 0 Å². The highest BCUT2D eigenvalue weighted by atomic mass is 35.5. The number of nitrogens with zero attached hydrogens (tertiary/aromatic N) is 1. The van der Waals surface area contributed by atoms with E-state index in [1.165, 1.54) is 0 Å². The second-order valence-electron chi connectivity index (χ2n) is 3.59. The zero-order valence-electron chi connectivity index (χ0n) is 10.3. The zero-order chi connectivity index (χ0) is 12.2. The third kappa shape index (κ3) is 5.28. The summed E-state index contributed by atoms with van der Waals surface area (Å²) in [5.41, 5.74) is 1.70. The lowest BCUT2D eigenvalue weighted by Crippen LogP contribution is -2.21. The molecule has 0 amide bonds. The molecule has 4 nitrogen and oxygen atoms in total. The van der Waals surface area contributed by atoms with Crippen molar-refractivity contribution in [3.05, 3.63) is 24.3 Å². The Bertz CT molecular complexity index is 427. The topological polar surface area (TPSA) is 49.4 Å². The van der Waals surface area contributed by atoms with Crippen molar-refractivity contribution in [1.29, 1.82) is 0 Å². The lowest BCUT2D eigenvalue weighted by molar-refractivity contribution is 0.607. The van der Waals surface area contributed by atoms with Gasteiger partial charge in [0.2, 0.25) is 10.0 Å². The maximum Gasteiger partial charge on any atom is 0.229 e. The fourth-order valence-corrected chi connectivity index (χ4v) is 2.11. The van der Waals surface area contributed by atoms with Crippen LogP contribution in [0.15, 0.2) is 24.3 Å². The molecule has 0 spiro atoms. The van der Waals surface area contributed by atoms with Gasteiger partial charge in [-0.1, -0.05) is 0 Å². The quantitative estimate of drug-likeness (QED) is 0.899. The number of rotatable bonds is 5. The number of benzene rings is 1. The molecule has 1 aromatic rings. The molecule has 0 bridgehead atoms. The van der Waals surface area contributed by atoms with Gasteiger partial charge >= 0.3 is 0 Å². The van der Waals surface area contributed by atoms with Gasteiger partial charge in [0.25, 0.3) is 0 Å². The van der Waals surface area contributed by atoms with Crippen molar-refractivity contribution in [2.24, 2.45) is 0 Å². The minimum Gasteiger partial charge on any atom is -0.372 e. The molecule has 0 aliphatic carbocycles. The molecule has 0 fully saturated rings. The van der Waals surface area contributed by atoms with Gasteiger partial charge < -0.3 is 4.90 Å². The van der Waals surface area contributed by atoms with Gasteiger partial charge in [-0.3, -0.25) is 4.72 Å². The van der Waals surface area contributed by atoms with E-state index >= 15 is 0 Å². The number of halogens is 1. The Labute approximate surface area is 109 Å². The Morgan fingerprint density at radius 1 is 1.12 bits per heavy atom. The number of anilines is 2. The van der Waals surface area contributed by atoms with Crippen LogP contribution in [0.2, 0.25) is 0 Å². The van der Waals surface area contributed by atoms with Gasteiger partial charge in [0, 0.05) is 24.5 Å². The monoisotopic (exact) mass is 278 g/mol. The third-order valence-corrected chi connectivity index (χ3v) is 2.91. The molecule has 0 atom stereocenters. The molecule has 0 saturated carbocycles. The average molecular weight is 279 g/mol. The molecule has 1 aromatic carbocycles. The maximum absolute atomic E-state index is 11.0. The van der Waals surface area contributed by atoms with Crippen LogP contribution in [0.5, 0.6) is 0 Å². The third-order valence-electron chi connectivity index (χ3n) is 2.30. The SMILES string of the molecule is CCN(CC)c1ccc(NS(C)(=O)=O)cc1.Cl. The fourth-order valence-electron chi connectivity index (χ4n) is 1.54. The first-order valence-electron chi connectivity index (χ1n) is 5.29. The van der Waals surface area contributed by atoms with Crippen molar-refractivity contribution in [1.82, 2.24) is 0 Å². The van der Waals surface area contributed by atoms with Gasteiger partial charge in [-0.25, -0.2) is 8.42 Å². The van der Waals surface area contributed by atoms with E-state index in [9.17, 15) is 8.42 Å².